The maximum atomic E-state index is 13.7. The highest BCUT2D eigenvalue weighted by Gasteiger charge is 2.24. The first kappa shape index (κ1) is 13.1. The largest absolute Gasteiger partial charge is 0.364 e. The van der Waals surface area contributed by atoms with Gasteiger partial charge in [-0.25, -0.2) is 4.98 Å². The number of aromatic nitrogens is 4. The van der Waals surface area contributed by atoms with Gasteiger partial charge < -0.3 is 10.1 Å². The van der Waals surface area contributed by atoms with Crippen molar-refractivity contribution in [3.8, 4) is 0 Å². The van der Waals surface area contributed by atoms with Gasteiger partial charge in [0.2, 0.25) is 0 Å². The predicted octanol–water partition coefficient (Wildman–Crippen LogP) is 2.50. The van der Waals surface area contributed by atoms with Crippen molar-refractivity contribution < 1.29 is 9.13 Å². The van der Waals surface area contributed by atoms with Crippen LogP contribution in [0.4, 0.5) is 10.2 Å². The maximum Gasteiger partial charge on any atom is 0.312 e. The molecule has 2 aromatic heterocycles. The standard InChI is InChI=1S/C15H14FN5O/c16-15-19-13(17-8-10-4-2-1-3-5-10)12-14(20-15)21(9-18-12)11-6-7-22-11/h1-5,9,11H,6-8H2,(H,17,19,20). The number of nitrogens with one attached hydrogen (secondary N) is 1. The van der Waals surface area contributed by atoms with Gasteiger partial charge in [-0.05, 0) is 5.56 Å². The molecule has 3 heterocycles. The molecule has 1 aromatic carbocycles. The van der Waals surface area contributed by atoms with Crippen LogP contribution in [0.5, 0.6) is 0 Å². The first-order valence-electron chi connectivity index (χ1n) is 7.11. The molecule has 0 saturated carbocycles. The second kappa shape index (κ2) is 5.34. The molecule has 1 unspecified atom stereocenters. The topological polar surface area (TPSA) is 64.9 Å². The van der Waals surface area contributed by atoms with Crippen LogP contribution in [0.2, 0.25) is 0 Å². The fourth-order valence-electron chi connectivity index (χ4n) is 2.45. The molecular weight excluding hydrogens is 285 g/mol. The first-order valence-corrected chi connectivity index (χ1v) is 7.11. The van der Waals surface area contributed by atoms with Gasteiger partial charge in [-0.15, -0.1) is 0 Å². The van der Waals surface area contributed by atoms with E-state index in [1.807, 2.05) is 30.3 Å². The van der Waals surface area contributed by atoms with Gasteiger partial charge in [-0.2, -0.15) is 14.4 Å². The third kappa shape index (κ3) is 2.29. The number of fused-ring (bicyclic) bond motifs is 1. The van der Waals surface area contributed by atoms with Crippen molar-refractivity contribution in [1.82, 2.24) is 19.5 Å². The smallest absolute Gasteiger partial charge is 0.312 e. The molecule has 6 nitrogen and oxygen atoms in total. The van der Waals surface area contributed by atoms with Crippen LogP contribution in [0.15, 0.2) is 36.7 Å². The summed E-state index contributed by atoms with van der Waals surface area (Å²) in [5.41, 5.74) is 2.08. The molecule has 1 fully saturated rings. The number of nitrogens with zero attached hydrogens (tertiary/aromatic N) is 4. The molecular formula is C15H14FN5O. The van der Waals surface area contributed by atoms with Gasteiger partial charge in [0.1, 0.15) is 6.23 Å². The van der Waals surface area contributed by atoms with Crippen LogP contribution >= 0.6 is 0 Å². The summed E-state index contributed by atoms with van der Waals surface area (Å²) in [7, 11) is 0. The van der Waals surface area contributed by atoms with Gasteiger partial charge in [0.05, 0.1) is 12.9 Å². The molecule has 1 saturated heterocycles. The summed E-state index contributed by atoms with van der Waals surface area (Å²) in [5.74, 6) is 0.393. The first-order chi connectivity index (χ1) is 10.8. The Morgan fingerprint density at radius 1 is 1.27 bits per heavy atom. The molecule has 112 valence electrons. The van der Waals surface area contributed by atoms with Gasteiger partial charge in [0, 0.05) is 13.0 Å². The molecule has 1 atom stereocenters. The van der Waals surface area contributed by atoms with Gasteiger partial charge in [-0.3, -0.25) is 4.57 Å². The summed E-state index contributed by atoms with van der Waals surface area (Å²) < 4.78 is 20.9. The summed E-state index contributed by atoms with van der Waals surface area (Å²) in [6.45, 7) is 1.25. The normalized spacial score (nSPS) is 17.4. The van der Waals surface area contributed by atoms with Crippen LogP contribution in [0.3, 0.4) is 0 Å². The van der Waals surface area contributed by atoms with Crippen LogP contribution in [0.25, 0.3) is 11.2 Å². The highest BCUT2D eigenvalue weighted by atomic mass is 19.1. The predicted molar refractivity (Wildman–Crippen MR) is 78.7 cm³/mol. The Balaban J connectivity index is 1.66. The number of hydrogen-bond acceptors (Lipinski definition) is 5. The zero-order valence-electron chi connectivity index (χ0n) is 11.7. The van der Waals surface area contributed by atoms with Gasteiger partial charge in [-0.1, -0.05) is 30.3 Å². The minimum absolute atomic E-state index is 0.110. The zero-order valence-corrected chi connectivity index (χ0v) is 11.7. The molecule has 22 heavy (non-hydrogen) atoms. The van der Waals surface area contributed by atoms with E-state index in [-0.39, 0.29) is 6.23 Å². The summed E-state index contributed by atoms with van der Waals surface area (Å²) >= 11 is 0. The summed E-state index contributed by atoms with van der Waals surface area (Å²) in [5, 5.41) is 3.13. The van der Waals surface area contributed by atoms with Crippen LogP contribution in [-0.4, -0.2) is 26.1 Å². The second-order valence-corrected chi connectivity index (χ2v) is 5.12. The lowest BCUT2D eigenvalue weighted by molar-refractivity contribution is -0.0974. The number of halogens is 1. The Morgan fingerprint density at radius 2 is 2.09 bits per heavy atom. The fourth-order valence-corrected chi connectivity index (χ4v) is 2.45. The summed E-state index contributed by atoms with van der Waals surface area (Å²) in [6.07, 6.45) is 1.62. The highest BCUT2D eigenvalue weighted by molar-refractivity contribution is 5.82. The molecule has 0 aliphatic carbocycles. The molecule has 0 spiro atoms. The van der Waals surface area contributed by atoms with E-state index in [4.69, 9.17) is 4.74 Å². The van der Waals surface area contributed by atoms with E-state index in [1.165, 1.54) is 0 Å². The lowest BCUT2D eigenvalue weighted by Gasteiger charge is -2.27. The Hall–Kier alpha value is -2.54. The van der Waals surface area contributed by atoms with Crippen molar-refractivity contribution in [3.05, 3.63) is 48.3 Å². The molecule has 1 aliphatic heterocycles. The van der Waals surface area contributed by atoms with Crippen LogP contribution in [-0.2, 0) is 11.3 Å². The van der Waals surface area contributed by atoms with Crippen molar-refractivity contribution in [2.24, 2.45) is 0 Å². The van der Waals surface area contributed by atoms with E-state index in [1.54, 1.807) is 10.9 Å². The van der Waals surface area contributed by atoms with E-state index in [0.717, 1.165) is 12.0 Å². The maximum absolute atomic E-state index is 13.7. The average molecular weight is 299 g/mol. The molecule has 0 amide bonds. The zero-order chi connectivity index (χ0) is 14.9. The number of benzene rings is 1. The number of hydrogen-bond donors (Lipinski definition) is 1. The van der Waals surface area contributed by atoms with E-state index in [9.17, 15) is 4.39 Å². The number of rotatable bonds is 4. The van der Waals surface area contributed by atoms with Crippen molar-refractivity contribution in [1.29, 1.82) is 0 Å². The quantitative estimate of drug-likeness (QED) is 0.750. The molecule has 1 aliphatic rings. The summed E-state index contributed by atoms with van der Waals surface area (Å²) in [4.78, 5) is 12.0. The molecule has 3 aromatic rings. The van der Waals surface area contributed by atoms with Crippen LogP contribution in [0, 0.1) is 6.08 Å². The third-order valence-corrected chi connectivity index (χ3v) is 3.68. The van der Waals surface area contributed by atoms with E-state index in [0.29, 0.717) is 30.1 Å². The number of ether oxygens (including phenoxy) is 1. The molecule has 1 N–H and O–H groups in total. The lowest BCUT2D eigenvalue weighted by Crippen LogP contribution is -2.24. The minimum Gasteiger partial charge on any atom is -0.364 e. The SMILES string of the molecule is Fc1nc(NCc2ccccc2)c2ncn(C3CCO3)c2n1. The Labute approximate surface area is 126 Å². The molecule has 4 rings (SSSR count). The molecule has 7 heteroatoms. The van der Waals surface area contributed by atoms with Crippen molar-refractivity contribution >= 4 is 17.0 Å². The van der Waals surface area contributed by atoms with E-state index < -0.39 is 6.08 Å². The highest BCUT2D eigenvalue weighted by Crippen LogP contribution is 2.28. The van der Waals surface area contributed by atoms with E-state index >= 15 is 0 Å². The van der Waals surface area contributed by atoms with Crippen LogP contribution < -0.4 is 5.32 Å². The van der Waals surface area contributed by atoms with Crippen molar-refractivity contribution in [2.45, 2.75) is 19.2 Å². The van der Waals surface area contributed by atoms with Gasteiger partial charge in [0.15, 0.2) is 17.0 Å². The van der Waals surface area contributed by atoms with Gasteiger partial charge >= 0.3 is 6.08 Å². The Kier molecular flexibility index (Phi) is 3.19. The molecule has 0 bridgehead atoms. The monoisotopic (exact) mass is 299 g/mol. The van der Waals surface area contributed by atoms with Crippen LogP contribution in [0.1, 0.15) is 18.2 Å². The number of imidazole rings is 1. The minimum atomic E-state index is -0.774. The Bertz CT molecular complexity index is 800. The average Bonchev–Trinajstić information content (AvgIpc) is 2.88. The van der Waals surface area contributed by atoms with Gasteiger partial charge in [0.25, 0.3) is 0 Å². The van der Waals surface area contributed by atoms with E-state index in [2.05, 4.69) is 20.3 Å². The second-order valence-electron chi connectivity index (χ2n) is 5.12. The van der Waals surface area contributed by atoms with Crippen molar-refractivity contribution in [2.75, 3.05) is 11.9 Å². The lowest BCUT2D eigenvalue weighted by atomic mass is 10.2. The fraction of sp³-hybridized carbons (Fsp3) is 0.267. The molecule has 0 radical (unpaired) electrons. The van der Waals surface area contributed by atoms with Crippen molar-refractivity contribution in [3.63, 3.8) is 0 Å². The summed E-state index contributed by atoms with van der Waals surface area (Å²) in [6, 6.07) is 9.84. The third-order valence-electron chi connectivity index (χ3n) is 3.68. The number of anilines is 1. The Morgan fingerprint density at radius 3 is 2.82 bits per heavy atom.